The number of hydrogen-bond acceptors (Lipinski definition) is 1. The summed E-state index contributed by atoms with van der Waals surface area (Å²) in [7, 11) is 1.75. The van der Waals surface area contributed by atoms with Gasteiger partial charge in [0.2, 0.25) is 0 Å². The zero-order valence-corrected chi connectivity index (χ0v) is 6.63. The van der Waals surface area contributed by atoms with Crippen LogP contribution >= 0.6 is 0 Å². The first-order valence-electron chi connectivity index (χ1n) is 4.03. The lowest BCUT2D eigenvalue weighted by Crippen LogP contribution is -2.10. The number of nitrogens with zero attached hydrogens (tertiary/aromatic N) is 1. The summed E-state index contributed by atoms with van der Waals surface area (Å²) in [5, 5.41) is 3.05. The number of rotatable bonds is 1. The summed E-state index contributed by atoms with van der Waals surface area (Å²) in [6.07, 6.45) is 3.78. The predicted molar refractivity (Wildman–Crippen MR) is 42.6 cm³/mol. The molecular weight excluding hydrogens is 140 g/mol. The number of aryl methyl sites for hydroxylation is 1. The average molecular weight is 152 g/mol. The predicted octanol–water partition coefficient (Wildman–Crippen LogP) is 0.981. The van der Waals surface area contributed by atoms with Crippen LogP contribution in [0.25, 0.3) is 0 Å². The summed E-state index contributed by atoms with van der Waals surface area (Å²) < 4.78 is 1.54. The van der Waals surface area contributed by atoms with E-state index >= 15 is 0 Å². The molecule has 2 rings (SSSR count). The van der Waals surface area contributed by atoms with E-state index in [0.29, 0.717) is 5.92 Å². The van der Waals surface area contributed by atoms with Gasteiger partial charge >= 0.3 is 0 Å². The molecule has 0 unspecified atom stereocenters. The summed E-state index contributed by atoms with van der Waals surface area (Å²) in [6.45, 7) is 0. The molecule has 1 aliphatic rings. The van der Waals surface area contributed by atoms with E-state index in [2.05, 4.69) is 5.10 Å². The van der Waals surface area contributed by atoms with Gasteiger partial charge in [0.25, 0.3) is 5.56 Å². The Bertz CT molecular complexity index is 306. The first-order valence-corrected chi connectivity index (χ1v) is 4.03. The van der Waals surface area contributed by atoms with Crippen molar-refractivity contribution in [2.24, 2.45) is 7.05 Å². The van der Waals surface area contributed by atoms with Gasteiger partial charge in [-0.05, 0) is 12.8 Å². The minimum Gasteiger partial charge on any atom is -0.300 e. The van der Waals surface area contributed by atoms with Crippen LogP contribution in [-0.2, 0) is 7.05 Å². The molecule has 0 radical (unpaired) electrons. The molecule has 1 aromatic heterocycles. The monoisotopic (exact) mass is 152 g/mol. The highest BCUT2D eigenvalue weighted by molar-refractivity contribution is 5.09. The highest BCUT2D eigenvalue weighted by Gasteiger charge is 2.21. The zero-order valence-electron chi connectivity index (χ0n) is 6.63. The molecule has 1 aromatic rings. The Balaban J connectivity index is 2.31. The van der Waals surface area contributed by atoms with Gasteiger partial charge in [-0.1, -0.05) is 6.42 Å². The van der Waals surface area contributed by atoms with Crippen LogP contribution in [0.1, 0.15) is 30.9 Å². The Labute approximate surface area is 65.0 Å². The van der Waals surface area contributed by atoms with Gasteiger partial charge in [0.1, 0.15) is 0 Å². The molecule has 1 saturated carbocycles. The van der Waals surface area contributed by atoms with Gasteiger partial charge in [-0.15, -0.1) is 0 Å². The van der Waals surface area contributed by atoms with Crippen LogP contribution in [0.15, 0.2) is 10.9 Å². The Morgan fingerprint density at radius 2 is 2.36 bits per heavy atom. The Kier molecular flexibility index (Phi) is 1.37. The smallest absolute Gasteiger partial charge is 0.266 e. The Morgan fingerprint density at radius 1 is 1.64 bits per heavy atom. The normalized spacial score (nSPS) is 18.3. The average Bonchev–Trinajstić information content (AvgIpc) is 2.08. The first kappa shape index (κ1) is 6.70. The standard InChI is InChI=1S/C8H12N2O/c1-10-8(11)5-7(9-10)6-3-2-4-6/h5-6,9H,2-4H2,1H3. The fraction of sp³-hybridized carbons (Fsp3) is 0.625. The zero-order chi connectivity index (χ0) is 7.84. The fourth-order valence-corrected chi connectivity index (χ4v) is 1.44. The van der Waals surface area contributed by atoms with Crippen LogP contribution in [0.5, 0.6) is 0 Å². The Hall–Kier alpha value is -0.990. The molecule has 1 heterocycles. The second kappa shape index (κ2) is 2.26. The van der Waals surface area contributed by atoms with Crippen molar-refractivity contribution >= 4 is 0 Å². The van der Waals surface area contributed by atoms with Crippen LogP contribution in [0, 0.1) is 0 Å². The van der Waals surface area contributed by atoms with Crippen molar-refractivity contribution in [3.8, 4) is 0 Å². The van der Waals surface area contributed by atoms with E-state index in [1.807, 2.05) is 0 Å². The van der Waals surface area contributed by atoms with E-state index in [9.17, 15) is 4.79 Å². The lowest BCUT2D eigenvalue weighted by Gasteiger charge is -2.23. The van der Waals surface area contributed by atoms with Gasteiger partial charge in [0.05, 0.1) is 0 Å². The van der Waals surface area contributed by atoms with Crippen LogP contribution < -0.4 is 5.56 Å². The number of hydrogen-bond donors (Lipinski definition) is 1. The Morgan fingerprint density at radius 3 is 2.73 bits per heavy atom. The van der Waals surface area contributed by atoms with E-state index in [1.54, 1.807) is 13.1 Å². The maximum atomic E-state index is 11.0. The van der Waals surface area contributed by atoms with E-state index < -0.39 is 0 Å². The minimum atomic E-state index is 0.0758. The fourth-order valence-electron chi connectivity index (χ4n) is 1.44. The molecule has 0 saturated heterocycles. The second-order valence-corrected chi connectivity index (χ2v) is 3.24. The van der Waals surface area contributed by atoms with E-state index in [-0.39, 0.29) is 5.56 Å². The van der Waals surface area contributed by atoms with Crippen LogP contribution in [0.3, 0.4) is 0 Å². The van der Waals surface area contributed by atoms with Crippen LogP contribution in [0.4, 0.5) is 0 Å². The summed E-state index contributed by atoms with van der Waals surface area (Å²) in [5.41, 5.74) is 1.19. The van der Waals surface area contributed by atoms with E-state index in [1.165, 1.54) is 23.9 Å². The molecule has 3 heteroatoms. The van der Waals surface area contributed by atoms with Crippen molar-refractivity contribution < 1.29 is 0 Å². The molecule has 0 spiro atoms. The van der Waals surface area contributed by atoms with Crippen molar-refractivity contribution in [1.29, 1.82) is 0 Å². The maximum Gasteiger partial charge on any atom is 0.266 e. The number of nitrogens with one attached hydrogen (secondary N) is 1. The van der Waals surface area contributed by atoms with Crippen molar-refractivity contribution in [1.82, 2.24) is 9.78 Å². The van der Waals surface area contributed by atoms with Crippen LogP contribution in [0.2, 0.25) is 0 Å². The summed E-state index contributed by atoms with van der Waals surface area (Å²) in [6, 6.07) is 1.71. The second-order valence-electron chi connectivity index (χ2n) is 3.24. The van der Waals surface area contributed by atoms with Gasteiger partial charge in [-0.25, -0.2) is 0 Å². The SMILES string of the molecule is Cn1[nH]c(C2CCC2)cc1=O. The third kappa shape index (κ3) is 1.00. The molecule has 1 N–H and O–H groups in total. The molecule has 11 heavy (non-hydrogen) atoms. The van der Waals surface area contributed by atoms with Crippen molar-refractivity contribution in [3.05, 3.63) is 22.1 Å². The van der Waals surface area contributed by atoms with E-state index in [0.717, 1.165) is 5.69 Å². The highest BCUT2D eigenvalue weighted by atomic mass is 16.1. The van der Waals surface area contributed by atoms with Crippen molar-refractivity contribution in [3.63, 3.8) is 0 Å². The summed E-state index contributed by atoms with van der Waals surface area (Å²) in [5.74, 6) is 0.629. The lowest BCUT2D eigenvalue weighted by atomic mass is 9.83. The molecule has 60 valence electrons. The van der Waals surface area contributed by atoms with Crippen molar-refractivity contribution in [2.45, 2.75) is 25.2 Å². The molecule has 1 aliphatic carbocycles. The van der Waals surface area contributed by atoms with Gasteiger partial charge in [0, 0.05) is 24.7 Å². The molecule has 0 bridgehead atoms. The maximum absolute atomic E-state index is 11.0. The first-order chi connectivity index (χ1) is 5.27. The molecule has 0 aliphatic heterocycles. The molecular formula is C8H12N2O. The van der Waals surface area contributed by atoms with Crippen LogP contribution in [-0.4, -0.2) is 9.78 Å². The summed E-state index contributed by atoms with van der Waals surface area (Å²) in [4.78, 5) is 11.0. The van der Waals surface area contributed by atoms with Crippen molar-refractivity contribution in [2.75, 3.05) is 0 Å². The summed E-state index contributed by atoms with van der Waals surface area (Å²) >= 11 is 0. The molecule has 0 atom stereocenters. The van der Waals surface area contributed by atoms with Gasteiger partial charge in [-0.3, -0.25) is 14.6 Å². The molecule has 0 amide bonds. The van der Waals surface area contributed by atoms with Gasteiger partial charge < -0.3 is 0 Å². The number of H-pyrrole nitrogens is 1. The third-order valence-corrected chi connectivity index (χ3v) is 2.45. The molecule has 1 fully saturated rings. The van der Waals surface area contributed by atoms with Gasteiger partial charge in [-0.2, -0.15) is 0 Å². The minimum absolute atomic E-state index is 0.0758. The largest absolute Gasteiger partial charge is 0.300 e. The number of aromatic nitrogens is 2. The quantitative estimate of drug-likeness (QED) is 0.640. The topological polar surface area (TPSA) is 37.8 Å². The van der Waals surface area contributed by atoms with E-state index in [4.69, 9.17) is 0 Å². The van der Waals surface area contributed by atoms with Gasteiger partial charge in [0.15, 0.2) is 0 Å². The lowest BCUT2D eigenvalue weighted by molar-refractivity contribution is 0.408. The molecule has 3 nitrogen and oxygen atoms in total. The number of aromatic amines is 1. The molecule has 0 aromatic carbocycles. The highest BCUT2D eigenvalue weighted by Crippen LogP contribution is 2.34. The third-order valence-electron chi connectivity index (χ3n) is 2.45.